The Bertz CT molecular complexity index is 281. The number of hydrogen-bond donors (Lipinski definition) is 1. The topological polar surface area (TPSA) is 58.8 Å². The Kier molecular flexibility index (Phi) is 3.70. The molecule has 0 aromatic rings. The van der Waals surface area contributed by atoms with Gasteiger partial charge in [-0.3, -0.25) is 14.6 Å². The summed E-state index contributed by atoms with van der Waals surface area (Å²) in [4.78, 5) is 16.3. The Morgan fingerprint density at radius 3 is 2.41 bits per heavy atom. The molecule has 2 fully saturated rings. The highest BCUT2D eigenvalue weighted by Gasteiger charge is 2.35. The van der Waals surface area contributed by atoms with Crippen LogP contribution >= 0.6 is 0 Å². The number of rotatable bonds is 4. The van der Waals surface area contributed by atoms with E-state index in [2.05, 4.69) is 9.80 Å². The maximum Gasteiger partial charge on any atom is 0.326 e. The fraction of sp³-hybridized carbons (Fsp3) is 0.917. The lowest BCUT2D eigenvalue weighted by Crippen LogP contribution is -2.58. The number of esters is 1. The highest BCUT2D eigenvalue weighted by atomic mass is 16.5. The van der Waals surface area contributed by atoms with Gasteiger partial charge in [-0.1, -0.05) is 0 Å². The minimum Gasteiger partial charge on any atom is -0.468 e. The quantitative estimate of drug-likeness (QED) is 0.682. The molecule has 2 N–H and O–H groups in total. The van der Waals surface area contributed by atoms with E-state index in [1.165, 1.54) is 20.0 Å². The Morgan fingerprint density at radius 2 is 1.94 bits per heavy atom. The lowest BCUT2D eigenvalue weighted by molar-refractivity contribution is -0.147. The van der Waals surface area contributed by atoms with Crippen LogP contribution < -0.4 is 5.73 Å². The normalized spacial score (nSPS) is 26.5. The molecule has 0 bridgehead atoms. The van der Waals surface area contributed by atoms with Crippen LogP contribution in [0.25, 0.3) is 0 Å². The number of methoxy groups -OCH3 is 1. The van der Waals surface area contributed by atoms with Gasteiger partial charge >= 0.3 is 5.97 Å². The molecule has 5 heteroatoms. The Labute approximate surface area is 103 Å². The molecule has 1 aliphatic heterocycles. The summed E-state index contributed by atoms with van der Waals surface area (Å²) < 4.78 is 4.72. The van der Waals surface area contributed by atoms with Crippen molar-refractivity contribution < 1.29 is 9.53 Å². The average Bonchev–Trinajstić information content (AvgIpc) is 3.12. The molecule has 0 aromatic heterocycles. The van der Waals surface area contributed by atoms with E-state index in [9.17, 15) is 4.79 Å². The zero-order chi connectivity index (χ0) is 12.5. The number of piperazine rings is 1. The van der Waals surface area contributed by atoms with Gasteiger partial charge in [0.15, 0.2) is 0 Å². The number of carbonyl (C=O) groups excluding carboxylic acids is 1. The molecule has 2 rings (SSSR count). The van der Waals surface area contributed by atoms with Gasteiger partial charge in [0.1, 0.15) is 5.54 Å². The minimum atomic E-state index is -0.892. The molecule has 0 radical (unpaired) electrons. The summed E-state index contributed by atoms with van der Waals surface area (Å²) in [7, 11) is 1.39. The summed E-state index contributed by atoms with van der Waals surface area (Å²) in [6.45, 7) is 6.52. The van der Waals surface area contributed by atoms with Gasteiger partial charge in [-0.2, -0.15) is 0 Å². The van der Waals surface area contributed by atoms with Gasteiger partial charge in [0, 0.05) is 38.8 Å². The van der Waals surface area contributed by atoms with E-state index in [0.717, 1.165) is 32.2 Å². The number of ether oxygens (including phenoxy) is 1. The van der Waals surface area contributed by atoms with E-state index < -0.39 is 5.54 Å². The monoisotopic (exact) mass is 241 g/mol. The number of carbonyl (C=O) groups is 1. The highest BCUT2D eigenvalue weighted by Crippen LogP contribution is 2.27. The van der Waals surface area contributed by atoms with Gasteiger partial charge in [0.05, 0.1) is 7.11 Å². The molecule has 1 unspecified atom stereocenters. The molecule has 2 aliphatic rings. The second-order valence-electron chi connectivity index (χ2n) is 5.45. The summed E-state index contributed by atoms with van der Waals surface area (Å²) in [5, 5.41) is 0. The molecular formula is C12H23N3O2. The van der Waals surface area contributed by atoms with Gasteiger partial charge in [-0.25, -0.2) is 0 Å². The first kappa shape index (κ1) is 12.8. The third kappa shape index (κ3) is 3.18. The van der Waals surface area contributed by atoms with Crippen molar-refractivity contribution in [2.75, 3.05) is 39.8 Å². The van der Waals surface area contributed by atoms with Crippen LogP contribution in [0.3, 0.4) is 0 Å². The number of hydrogen-bond acceptors (Lipinski definition) is 5. The molecule has 1 atom stereocenters. The average molecular weight is 241 g/mol. The molecule has 17 heavy (non-hydrogen) atoms. The summed E-state index contributed by atoms with van der Waals surface area (Å²) >= 11 is 0. The van der Waals surface area contributed by atoms with Gasteiger partial charge in [-0.05, 0) is 19.8 Å². The van der Waals surface area contributed by atoms with E-state index >= 15 is 0 Å². The van der Waals surface area contributed by atoms with Crippen LogP contribution in [0.4, 0.5) is 0 Å². The summed E-state index contributed by atoms with van der Waals surface area (Å²) in [5.41, 5.74) is 5.09. The smallest absolute Gasteiger partial charge is 0.326 e. The maximum atomic E-state index is 11.5. The van der Waals surface area contributed by atoms with Crippen molar-refractivity contribution in [2.45, 2.75) is 31.3 Å². The second-order valence-corrected chi connectivity index (χ2v) is 5.45. The van der Waals surface area contributed by atoms with Gasteiger partial charge in [-0.15, -0.1) is 0 Å². The first-order valence-electron chi connectivity index (χ1n) is 6.36. The lowest BCUT2D eigenvalue weighted by Gasteiger charge is -2.37. The highest BCUT2D eigenvalue weighted by molar-refractivity contribution is 5.80. The lowest BCUT2D eigenvalue weighted by atomic mass is 10.0. The molecule has 98 valence electrons. The van der Waals surface area contributed by atoms with Crippen LogP contribution in [0, 0.1) is 0 Å². The van der Waals surface area contributed by atoms with Crippen LogP contribution in [-0.2, 0) is 9.53 Å². The van der Waals surface area contributed by atoms with Gasteiger partial charge in [0.25, 0.3) is 0 Å². The van der Waals surface area contributed by atoms with Gasteiger partial charge < -0.3 is 10.5 Å². The Hall–Kier alpha value is -0.650. The van der Waals surface area contributed by atoms with E-state index in [1.54, 1.807) is 6.92 Å². The van der Waals surface area contributed by atoms with Crippen LogP contribution in [0.15, 0.2) is 0 Å². The van der Waals surface area contributed by atoms with Crippen molar-refractivity contribution in [2.24, 2.45) is 5.73 Å². The van der Waals surface area contributed by atoms with Crippen LogP contribution in [0.2, 0.25) is 0 Å². The third-order valence-corrected chi connectivity index (χ3v) is 3.67. The Morgan fingerprint density at radius 1 is 1.35 bits per heavy atom. The van der Waals surface area contributed by atoms with Gasteiger partial charge in [0.2, 0.25) is 0 Å². The molecule has 0 amide bonds. The maximum absolute atomic E-state index is 11.5. The largest absolute Gasteiger partial charge is 0.468 e. The van der Waals surface area contributed by atoms with Crippen LogP contribution in [0.5, 0.6) is 0 Å². The molecule has 5 nitrogen and oxygen atoms in total. The van der Waals surface area contributed by atoms with Crippen LogP contribution in [0.1, 0.15) is 19.8 Å². The molecule has 1 saturated heterocycles. The second kappa shape index (κ2) is 4.92. The molecule has 1 saturated carbocycles. The minimum absolute atomic E-state index is 0.331. The molecular weight excluding hydrogens is 218 g/mol. The van der Waals surface area contributed by atoms with E-state index in [4.69, 9.17) is 10.5 Å². The van der Waals surface area contributed by atoms with Crippen molar-refractivity contribution in [1.29, 1.82) is 0 Å². The van der Waals surface area contributed by atoms with E-state index in [-0.39, 0.29) is 5.97 Å². The van der Waals surface area contributed by atoms with Crippen molar-refractivity contribution in [1.82, 2.24) is 9.80 Å². The van der Waals surface area contributed by atoms with Crippen molar-refractivity contribution in [3.8, 4) is 0 Å². The third-order valence-electron chi connectivity index (χ3n) is 3.67. The van der Waals surface area contributed by atoms with E-state index in [1.807, 2.05) is 0 Å². The molecule has 0 aromatic carbocycles. The zero-order valence-electron chi connectivity index (χ0n) is 10.8. The zero-order valence-corrected chi connectivity index (χ0v) is 10.8. The van der Waals surface area contributed by atoms with Crippen molar-refractivity contribution in [3.63, 3.8) is 0 Å². The summed E-state index contributed by atoms with van der Waals surface area (Å²) in [6.07, 6.45) is 2.72. The van der Waals surface area contributed by atoms with Crippen LogP contribution in [-0.4, -0.2) is 67.2 Å². The SMILES string of the molecule is COC(=O)C(C)(N)CN1CCN(C2CC2)CC1. The standard InChI is InChI=1S/C12H23N3O2/c1-12(13,11(16)17-2)9-14-5-7-15(8-6-14)10-3-4-10/h10H,3-9,13H2,1-2H3. The predicted octanol–water partition coefficient (Wildman–Crippen LogP) is -0.343. The number of nitrogens with zero attached hydrogens (tertiary/aromatic N) is 2. The van der Waals surface area contributed by atoms with E-state index in [0.29, 0.717) is 6.54 Å². The summed E-state index contributed by atoms with van der Waals surface area (Å²) in [5.74, 6) is -0.331. The molecule has 1 aliphatic carbocycles. The molecule has 0 spiro atoms. The first-order chi connectivity index (χ1) is 8.03. The predicted molar refractivity (Wildman–Crippen MR) is 65.6 cm³/mol. The Balaban J connectivity index is 1.78. The first-order valence-corrected chi connectivity index (χ1v) is 6.36. The molecule has 1 heterocycles. The fourth-order valence-corrected chi connectivity index (χ4v) is 2.49. The number of nitrogens with two attached hydrogens (primary N) is 1. The van der Waals surface area contributed by atoms with Crippen molar-refractivity contribution >= 4 is 5.97 Å². The van der Waals surface area contributed by atoms with Crippen molar-refractivity contribution in [3.05, 3.63) is 0 Å². The fourth-order valence-electron chi connectivity index (χ4n) is 2.49. The summed E-state index contributed by atoms with van der Waals surface area (Å²) in [6, 6.07) is 0.835.